The highest BCUT2D eigenvalue weighted by Crippen LogP contribution is 2.35. The summed E-state index contributed by atoms with van der Waals surface area (Å²) in [6, 6.07) is 0. The number of alkyl halides is 1. The average molecular weight is 364 g/mol. The average Bonchev–Trinajstić information content (AvgIpc) is 2.42. The molecule has 1 heterocycles. The van der Waals surface area contributed by atoms with E-state index in [4.69, 9.17) is 9.47 Å². The van der Waals surface area contributed by atoms with Gasteiger partial charge in [-0.1, -0.05) is 15.9 Å². The fraction of sp³-hybridized carbons (Fsp3) is 0.867. The normalized spacial score (nSPS) is 22.8. The Morgan fingerprint density at radius 1 is 1.29 bits per heavy atom. The van der Waals surface area contributed by atoms with Crippen LogP contribution in [0.5, 0.6) is 0 Å². The van der Waals surface area contributed by atoms with E-state index in [9.17, 15) is 9.59 Å². The molecule has 0 aromatic heterocycles. The van der Waals surface area contributed by atoms with Crippen molar-refractivity contribution in [3.63, 3.8) is 0 Å². The van der Waals surface area contributed by atoms with Crippen molar-refractivity contribution in [1.29, 1.82) is 0 Å². The van der Waals surface area contributed by atoms with Gasteiger partial charge in [0.2, 0.25) is 0 Å². The molecule has 1 unspecified atom stereocenters. The lowest BCUT2D eigenvalue weighted by molar-refractivity contribution is -0.158. The van der Waals surface area contributed by atoms with Crippen molar-refractivity contribution in [2.75, 3.05) is 19.0 Å². The highest BCUT2D eigenvalue weighted by atomic mass is 79.9. The van der Waals surface area contributed by atoms with Gasteiger partial charge in [0.15, 0.2) is 0 Å². The molecule has 21 heavy (non-hydrogen) atoms. The van der Waals surface area contributed by atoms with Gasteiger partial charge in [-0.3, -0.25) is 4.90 Å². The fourth-order valence-corrected chi connectivity index (χ4v) is 3.02. The van der Waals surface area contributed by atoms with Crippen LogP contribution in [0.2, 0.25) is 0 Å². The van der Waals surface area contributed by atoms with Crippen LogP contribution in [0, 0.1) is 0 Å². The Kier molecular flexibility index (Phi) is 6.50. The molecule has 6 heteroatoms. The number of carbonyl (C=O) groups is 2. The second-order valence-electron chi connectivity index (χ2n) is 6.40. The summed E-state index contributed by atoms with van der Waals surface area (Å²) in [5, 5.41) is 0.786. The number of halogens is 1. The SMILES string of the molecule is COC(=O)C1(CCCBr)CCCCN1C(=O)OC(C)(C)C. The molecule has 0 aromatic carbocycles. The predicted octanol–water partition coefficient (Wildman–Crippen LogP) is 3.49. The van der Waals surface area contributed by atoms with E-state index in [2.05, 4.69) is 15.9 Å². The number of likely N-dealkylation sites (tertiary alicyclic amines) is 1. The summed E-state index contributed by atoms with van der Waals surface area (Å²) in [7, 11) is 1.38. The molecule has 0 bridgehead atoms. The maximum absolute atomic E-state index is 12.5. The Hall–Kier alpha value is -0.780. The number of methoxy groups -OCH3 is 1. The van der Waals surface area contributed by atoms with Crippen molar-refractivity contribution in [2.45, 2.75) is 64.0 Å². The van der Waals surface area contributed by atoms with Crippen LogP contribution in [0.4, 0.5) is 4.79 Å². The molecule has 5 nitrogen and oxygen atoms in total. The van der Waals surface area contributed by atoms with Crippen molar-refractivity contribution in [3.8, 4) is 0 Å². The van der Waals surface area contributed by atoms with Gasteiger partial charge in [-0.25, -0.2) is 9.59 Å². The third kappa shape index (κ3) is 4.59. The summed E-state index contributed by atoms with van der Waals surface area (Å²) in [4.78, 5) is 26.5. The monoisotopic (exact) mass is 363 g/mol. The molecular weight excluding hydrogens is 338 g/mol. The predicted molar refractivity (Wildman–Crippen MR) is 84.6 cm³/mol. The number of hydrogen-bond donors (Lipinski definition) is 0. The highest BCUT2D eigenvalue weighted by Gasteiger charge is 2.49. The number of carbonyl (C=O) groups excluding carboxylic acids is 2. The van der Waals surface area contributed by atoms with Gasteiger partial charge >= 0.3 is 12.1 Å². The molecule has 0 N–H and O–H groups in total. The Labute approximate surface area is 135 Å². The van der Waals surface area contributed by atoms with Crippen LogP contribution in [0.1, 0.15) is 52.9 Å². The summed E-state index contributed by atoms with van der Waals surface area (Å²) in [6.07, 6.45) is 3.38. The van der Waals surface area contributed by atoms with Crippen LogP contribution in [0.15, 0.2) is 0 Å². The second kappa shape index (κ2) is 7.47. The Bertz CT molecular complexity index is 380. The Balaban J connectivity index is 3.04. The molecule has 1 aliphatic heterocycles. The lowest BCUT2D eigenvalue weighted by atomic mass is 9.83. The Morgan fingerprint density at radius 3 is 2.48 bits per heavy atom. The van der Waals surface area contributed by atoms with Gasteiger partial charge in [0.05, 0.1) is 7.11 Å². The van der Waals surface area contributed by atoms with Gasteiger partial charge in [-0.05, 0) is 52.9 Å². The molecule has 1 fully saturated rings. The van der Waals surface area contributed by atoms with E-state index in [0.717, 1.165) is 24.6 Å². The Morgan fingerprint density at radius 2 is 1.95 bits per heavy atom. The highest BCUT2D eigenvalue weighted by molar-refractivity contribution is 9.09. The minimum atomic E-state index is -0.886. The van der Waals surface area contributed by atoms with Gasteiger partial charge in [0.1, 0.15) is 11.1 Å². The van der Waals surface area contributed by atoms with E-state index < -0.39 is 17.2 Å². The van der Waals surface area contributed by atoms with Crippen molar-refractivity contribution < 1.29 is 19.1 Å². The lowest BCUT2D eigenvalue weighted by Gasteiger charge is -2.45. The standard InChI is InChI=1S/C15H26BrNO4/c1-14(2,3)21-13(19)17-11-6-5-8-15(17,9-7-10-16)12(18)20-4/h5-11H2,1-4H3. The van der Waals surface area contributed by atoms with Gasteiger partial charge in [-0.2, -0.15) is 0 Å². The summed E-state index contributed by atoms with van der Waals surface area (Å²) < 4.78 is 10.5. The first kappa shape index (κ1) is 18.3. The van der Waals surface area contributed by atoms with E-state index in [1.165, 1.54) is 7.11 Å². The number of amides is 1. The molecule has 0 saturated carbocycles. The molecule has 1 amide bonds. The van der Waals surface area contributed by atoms with Crippen LogP contribution >= 0.6 is 15.9 Å². The van der Waals surface area contributed by atoms with E-state index in [-0.39, 0.29) is 5.97 Å². The minimum Gasteiger partial charge on any atom is -0.467 e. The van der Waals surface area contributed by atoms with Gasteiger partial charge in [0.25, 0.3) is 0 Å². The first-order valence-corrected chi connectivity index (χ1v) is 8.54. The van der Waals surface area contributed by atoms with E-state index in [1.54, 1.807) is 4.90 Å². The molecule has 0 radical (unpaired) electrons. The third-order valence-corrected chi connectivity index (χ3v) is 4.20. The van der Waals surface area contributed by atoms with Crippen molar-refractivity contribution >= 4 is 28.0 Å². The summed E-state index contributed by atoms with van der Waals surface area (Å²) in [6.45, 7) is 6.01. The zero-order valence-corrected chi connectivity index (χ0v) is 15.0. The molecule has 0 aliphatic carbocycles. The van der Waals surface area contributed by atoms with Crippen molar-refractivity contribution in [1.82, 2.24) is 4.90 Å². The molecule has 1 aliphatic rings. The number of piperidine rings is 1. The zero-order chi connectivity index (χ0) is 16.1. The summed E-state index contributed by atoms with van der Waals surface area (Å²) >= 11 is 3.39. The number of hydrogen-bond acceptors (Lipinski definition) is 4. The quantitative estimate of drug-likeness (QED) is 0.566. The maximum atomic E-state index is 12.5. The van der Waals surface area contributed by atoms with Crippen LogP contribution in [-0.4, -0.2) is 47.1 Å². The smallest absolute Gasteiger partial charge is 0.411 e. The second-order valence-corrected chi connectivity index (χ2v) is 7.20. The molecule has 1 atom stereocenters. The van der Waals surface area contributed by atoms with Crippen molar-refractivity contribution in [2.24, 2.45) is 0 Å². The number of nitrogens with zero attached hydrogens (tertiary/aromatic N) is 1. The summed E-state index contributed by atoms with van der Waals surface area (Å²) in [5.74, 6) is -0.339. The molecule has 0 spiro atoms. The van der Waals surface area contributed by atoms with E-state index >= 15 is 0 Å². The first-order valence-electron chi connectivity index (χ1n) is 7.42. The fourth-order valence-electron chi connectivity index (χ4n) is 2.74. The lowest BCUT2D eigenvalue weighted by Crippen LogP contribution is -2.60. The molecule has 0 aromatic rings. The number of rotatable bonds is 4. The molecule has 1 rings (SSSR count). The van der Waals surface area contributed by atoms with Crippen LogP contribution in [0.25, 0.3) is 0 Å². The van der Waals surface area contributed by atoms with Crippen LogP contribution < -0.4 is 0 Å². The molecule has 122 valence electrons. The zero-order valence-electron chi connectivity index (χ0n) is 13.4. The first-order chi connectivity index (χ1) is 9.77. The topological polar surface area (TPSA) is 55.8 Å². The van der Waals surface area contributed by atoms with Crippen molar-refractivity contribution in [3.05, 3.63) is 0 Å². The minimum absolute atomic E-state index is 0.339. The van der Waals surface area contributed by atoms with Gasteiger partial charge in [0, 0.05) is 11.9 Å². The number of ether oxygens (including phenoxy) is 2. The van der Waals surface area contributed by atoms with Crippen LogP contribution in [0.3, 0.4) is 0 Å². The van der Waals surface area contributed by atoms with E-state index in [1.807, 2.05) is 20.8 Å². The third-order valence-electron chi connectivity index (χ3n) is 3.64. The largest absolute Gasteiger partial charge is 0.467 e. The van der Waals surface area contributed by atoms with Crippen LogP contribution in [-0.2, 0) is 14.3 Å². The van der Waals surface area contributed by atoms with E-state index in [0.29, 0.717) is 19.4 Å². The maximum Gasteiger partial charge on any atom is 0.411 e. The molecular formula is C15H26BrNO4. The molecule has 1 saturated heterocycles. The van der Waals surface area contributed by atoms with Gasteiger partial charge in [-0.15, -0.1) is 0 Å². The summed E-state index contributed by atoms with van der Waals surface area (Å²) in [5.41, 5.74) is -1.46. The van der Waals surface area contributed by atoms with Gasteiger partial charge < -0.3 is 9.47 Å². The number of esters is 1.